The Hall–Kier alpha value is -2.16. The second kappa shape index (κ2) is 8.03. The van der Waals surface area contributed by atoms with E-state index in [-0.39, 0.29) is 22.3 Å². The summed E-state index contributed by atoms with van der Waals surface area (Å²) < 4.78 is 25.9. The largest absolute Gasteiger partial charge is 0.508 e. The molecule has 0 spiro atoms. The lowest BCUT2D eigenvalue weighted by Gasteiger charge is -2.26. The van der Waals surface area contributed by atoms with Crippen LogP contribution in [-0.2, 0) is 16.5 Å². The van der Waals surface area contributed by atoms with Crippen LogP contribution in [0.4, 0.5) is 11.4 Å². The summed E-state index contributed by atoms with van der Waals surface area (Å²) in [5.74, 6) is -0.271. The summed E-state index contributed by atoms with van der Waals surface area (Å²) >= 11 is 6.19. The van der Waals surface area contributed by atoms with Crippen LogP contribution < -0.4 is 4.90 Å². The first kappa shape index (κ1) is 20.2. The van der Waals surface area contributed by atoms with E-state index in [1.54, 1.807) is 18.2 Å². The summed E-state index contributed by atoms with van der Waals surface area (Å²) in [6.07, 6.45) is 3.42. The van der Waals surface area contributed by atoms with Crippen molar-refractivity contribution in [2.75, 3.05) is 17.7 Å². The molecule has 1 aliphatic heterocycles. The average Bonchev–Trinajstić information content (AvgIpc) is 2.75. The van der Waals surface area contributed by atoms with Gasteiger partial charge in [-0.25, -0.2) is 0 Å². The summed E-state index contributed by atoms with van der Waals surface area (Å²) in [5.41, 5.74) is 2.56. The number of aromatic hydroxyl groups is 3. The second-order valence-corrected chi connectivity index (χ2v) is 7.76. The third kappa shape index (κ3) is 5.17. The Labute approximate surface area is 156 Å². The van der Waals surface area contributed by atoms with E-state index in [1.807, 2.05) is 17.0 Å². The Morgan fingerprint density at radius 1 is 1.08 bits per heavy atom. The molecule has 0 aromatic heterocycles. The van der Waals surface area contributed by atoms with Gasteiger partial charge in [-0.3, -0.25) is 4.55 Å². The minimum absolute atomic E-state index is 0.209. The van der Waals surface area contributed by atoms with Crippen LogP contribution in [0.1, 0.15) is 18.4 Å². The van der Waals surface area contributed by atoms with Crippen molar-refractivity contribution in [3.05, 3.63) is 40.9 Å². The molecule has 0 radical (unpaired) electrons. The highest BCUT2D eigenvalue weighted by atomic mass is 35.5. The first-order chi connectivity index (χ1) is 12.1. The van der Waals surface area contributed by atoms with E-state index in [1.165, 1.54) is 0 Å². The molecule has 0 saturated heterocycles. The molecule has 0 bridgehead atoms. The molecule has 7 nitrogen and oxygen atoms in total. The van der Waals surface area contributed by atoms with Gasteiger partial charge in [0.15, 0.2) is 11.5 Å². The molecule has 3 rings (SSSR count). The molecule has 2 aromatic carbocycles. The molecule has 142 valence electrons. The van der Waals surface area contributed by atoms with E-state index in [4.69, 9.17) is 16.2 Å². The molecule has 1 aliphatic rings. The van der Waals surface area contributed by atoms with Crippen molar-refractivity contribution in [1.29, 1.82) is 0 Å². The fourth-order valence-corrected chi connectivity index (χ4v) is 3.01. The van der Waals surface area contributed by atoms with Crippen molar-refractivity contribution in [3.8, 4) is 17.2 Å². The predicted octanol–water partition coefficient (Wildman–Crippen LogP) is 3.44. The summed E-state index contributed by atoms with van der Waals surface area (Å²) in [6.45, 7) is 0.790. The van der Waals surface area contributed by atoms with Crippen molar-refractivity contribution in [2.45, 2.75) is 19.3 Å². The van der Waals surface area contributed by atoms with Crippen LogP contribution in [0.5, 0.6) is 17.2 Å². The molecule has 0 saturated carbocycles. The zero-order chi connectivity index (χ0) is 19.5. The maximum absolute atomic E-state index is 9.86. The van der Waals surface area contributed by atoms with Crippen molar-refractivity contribution in [1.82, 2.24) is 0 Å². The third-order valence-corrected chi connectivity index (χ3v) is 4.22. The lowest BCUT2D eigenvalue weighted by Crippen LogP contribution is -2.17. The highest BCUT2D eigenvalue weighted by molar-refractivity contribution is 7.85. The summed E-state index contributed by atoms with van der Waals surface area (Å²) in [5, 5.41) is 29.3. The fraction of sp³-hybridized carbons (Fsp3) is 0.294. The quantitative estimate of drug-likeness (QED) is 0.427. The topological polar surface area (TPSA) is 118 Å². The molecular formula is C17H20ClNO6S. The molecule has 0 fully saturated rings. The van der Waals surface area contributed by atoms with Crippen LogP contribution in [0.3, 0.4) is 0 Å². The van der Waals surface area contributed by atoms with Crippen LogP contribution in [-0.4, -0.2) is 41.1 Å². The number of hydrogen-bond donors (Lipinski definition) is 4. The minimum Gasteiger partial charge on any atom is -0.508 e. The zero-order valence-electron chi connectivity index (χ0n) is 14.1. The Kier molecular flexibility index (Phi) is 6.22. The van der Waals surface area contributed by atoms with E-state index in [0.29, 0.717) is 6.26 Å². The SMILES string of the molecule is CS(=O)(=O)O.Oc1ccc(N2CCCCc3c2cc(O)c(O)c3Cl)cc1. The first-order valence-electron chi connectivity index (χ1n) is 7.80. The normalized spacial score (nSPS) is 14.0. The van der Waals surface area contributed by atoms with E-state index in [0.717, 1.165) is 42.7 Å². The van der Waals surface area contributed by atoms with E-state index in [2.05, 4.69) is 0 Å². The van der Waals surface area contributed by atoms with Gasteiger partial charge in [-0.2, -0.15) is 8.42 Å². The highest BCUT2D eigenvalue weighted by Crippen LogP contribution is 2.45. The Balaban J connectivity index is 0.000000431. The van der Waals surface area contributed by atoms with Crippen LogP contribution in [0.25, 0.3) is 0 Å². The van der Waals surface area contributed by atoms with Gasteiger partial charge in [0.25, 0.3) is 10.1 Å². The van der Waals surface area contributed by atoms with Gasteiger partial charge in [-0.05, 0) is 49.1 Å². The fourth-order valence-electron chi connectivity index (χ4n) is 2.72. The van der Waals surface area contributed by atoms with Crippen LogP contribution in [0.15, 0.2) is 30.3 Å². The van der Waals surface area contributed by atoms with Gasteiger partial charge in [-0.1, -0.05) is 11.6 Å². The van der Waals surface area contributed by atoms with Crippen molar-refractivity contribution in [2.24, 2.45) is 0 Å². The number of phenols is 3. The molecule has 9 heteroatoms. The van der Waals surface area contributed by atoms with Crippen molar-refractivity contribution in [3.63, 3.8) is 0 Å². The van der Waals surface area contributed by atoms with Gasteiger partial charge in [0, 0.05) is 24.0 Å². The Morgan fingerprint density at radius 2 is 1.65 bits per heavy atom. The molecule has 4 N–H and O–H groups in total. The van der Waals surface area contributed by atoms with E-state index >= 15 is 0 Å². The number of nitrogens with zero attached hydrogens (tertiary/aromatic N) is 1. The maximum Gasteiger partial charge on any atom is 0.261 e. The van der Waals surface area contributed by atoms with Gasteiger partial charge >= 0.3 is 0 Å². The number of phenolic OH excluding ortho intramolecular Hbond substituents is 3. The number of benzene rings is 2. The number of fused-ring (bicyclic) bond motifs is 1. The zero-order valence-corrected chi connectivity index (χ0v) is 15.6. The third-order valence-electron chi connectivity index (χ3n) is 3.81. The van der Waals surface area contributed by atoms with Gasteiger partial charge in [0.2, 0.25) is 0 Å². The number of anilines is 2. The minimum atomic E-state index is -3.67. The molecular weight excluding hydrogens is 382 g/mol. The van der Waals surface area contributed by atoms with E-state index in [9.17, 15) is 23.7 Å². The summed E-state index contributed by atoms with van der Waals surface area (Å²) in [6, 6.07) is 8.45. The highest BCUT2D eigenvalue weighted by Gasteiger charge is 2.23. The maximum atomic E-state index is 9.86. The predicted molar refractivity (Wildman–Crippen MR) is 100 cm³/mol. The van der Waals surface area contributed by atoms with E-state index < -0.39 is 10.1 Å². The summed E-state index contributed by atoms with van der Waals surface area (Å²) in [7, 11) is -3.67. The molecule has 26 heavy (non-hydrogen) atoms. The average molecular weight is 402 g/mol. The number of halogens is 1. The lowest BCUT2D eigenvalue weighted by atomic mass is 10.1. The van der Waals surface area contributed by atoms with Crippen molar-refractivity contribution >= 4 is 33.1 Å². The lowest BCUT2D eigenvalue weighted by molar-refractivity contribution is 0.403. The van der Waals surface area contributed by atoms with Gasteiger partial charge < -0.3 is 20.2 Å². The van der Waals surface area contributed by atoms with Gasteiger partial charge in [0.05, 0.1) is 11.3 Å². The first-order valence-corrected chi connectivity index (χ1v) is 10.0. The molecule has 0 atom stereocenters. The van der Waals surface area contributed by atoms with Crippen LogP contribution in [0.2, 0.25) is 5.02 Å². The Bertz CT molecular complexity index is 875. The van der Waals surface area contributed by atoms with Crippen molar-refractivity contribution < 1.29 is 28.3 Å². The van der Waals surface area contributed by atoms with Gasteiger partial charge in [-0.15, -0.1) is 0 Å². The molecule has 2 aromatic rings. The van der Waals surface area contributed by atoms with Crippen LogP contribution in [0, 0.1) is 0 Å². The second-order valence-electron chi connectivity index (χ2n) is 5.91. The molecule has 0 aliphatic carbocycles. The molecule has 0 unspecified atom stereocenters. The smallest absolute Gasteiger partial charge is 0.261 e. The molecule has 0 amide bonds. The molecule has 1 heterocycles. The van der Waals surface area contributed by atoms with Crippen LogP contribution >= 0.6 is 11.6 Å². The summed E-state index contributed by atoms with van der Waals surface area (Å²) in [4.78, 5) is 2.05. The Morgan fingerprint density at radius 3 is 2.23 bits per heavy atom. The monoisotopic (exact) mass is 401 g/mol. The standard InChI is InChI=1S/C16H16ClNO3.CH4O3S/c17-15-12-3-1-2-8-18(10-4-6-11(19)7-5-10)13(12)9-14(20)16(15)21;1-5(2,3)4/h4-7,9,19-21H,1-3,8H2;1H3,(H,2,3,4). The van der Waals surface area contributed by atoms with Gasteiger partial charge in [0.1, 0.15) is 5.75 Å². The number of rotatable bonds is 1. The number of hydrogen-bond acceptors (Lipinski definition) is 6.